The second-order valence-corrected chi connectivity index (χ2v) is 5.60. The van der Waals surface area contributed by atoms with Crippen molar-refractivity contribution in [1.82, 2.24) is 14.7 Å². The van der Waals surface area contributed by atoms with Crippen LogP contribution in [0, 0.1) is 6.92 Å². The molecule has 2 aromatic rings. The summed E-state index contributed by atoms with van der Waals surface area (Å²) in [6.45, 7) is 8.03. The Kier molecular flexibility index (Phi) is 4.13. The van der Waals surface area contributed by atoms with Gasteiger partial charge < -0.3 is 9.80 Å². The zero-order valence-corrected chi connectivity index (χ0v) is 13.2. The van der Waals surface area contributed by atoms with Crippen molar-refractivity contribution in [3.63, 3.8) is 0 Å². The van der Waals surface area contributed by atoms with Crippen molar-refractivity contribution in [3.8, 4) is 0 Å². The number of benzene rings is 1. The van der Waals surface area contributed by atoms with Crippen LogP contribution in [0.3, 0.4) is 0 Å². The maximum atomic E-state index is 12.6. The molecule has 0 unspecified atom stereocenters. The summed E-state index contributed by atoms with van der Waals surface area (Å²) in [6, 6.07) is 12.2. The van der Waals surface area contributed by atoms with Gasteiger partial charge in [-0.1, -0.05) is 18.2 Å². The third kappa shape index (κ3) is 2.84. The van der Waals surface area contributed by atoms with Crippen LogP contribution >= 0.6 is 0 Å². The van der Waals surface area contributed by atoms with Gasteiger partial charge in [-0.15, -0.1) is 0 Å². The van der Waals surface area contributed by atoms with Gasteiger partial charge in [0.05, 0.1) is 0 Å². The quantitative estimate of drug-likeness (QED) is 0.872. The first-order valence-corrected chi connectivity index (χ1v) is 7.82. The predicted octanol–water partition coefficient (Wildman–Crippen LogP) is 2.17. The normalized spacial score (nSPS) is 15.2. The summed E-state index contributed by atoms with van der Waals surface area (Å²) in [4.78, 5) is 16.8. The summed E-state index contributed by atoms with van der Waals surface area (Å²) in [7, 11) is 0. The minimum absolute atomic E-state index is 0.0445. The summed E-state index contributed by atoms with van der Waals surface area (Å²) in [5, 5.41) is 4.39. The molecule has 22 heavy (non-hydrogen) atoms. The summed E-state index contributed by atoms with van der Waals surface area (Å²) < 4.78 is 1.87. The summed E-state index contributed by atoms with van der Waals surface area (Å²) in [6.07, 6.45) is 0. The highest BCUT2D eigenvalue weighted by atomic mass is 16.2. The Morgan fingerprint density at radius 2 is 1.82 bits per heavy atom. The minimum atomic E-state index is 0.0445. The number of anilines is 1. The van der Waals surface area contributed by atoms with E-state index in [2.05, 4.69) is 22.1 Å². The first-order valence-electron chi connectivity index (χ1n) is 7.82. The van der Waals surface area contributed by atoms with Gasteiger partial charge in [0.25, 0.3) is 5.91 Å². The number of carbonyl (C=O) groups excluding carboxylic acids is 1. The van der Waals surface area contributed by atoms with Crippen LogP contribution in [-0.4, -0.2) is 46.8 Å². The van der Waals surface area contributed by atoms with Crippen LogP contribution in [0.15, 0.2) is 36.4 Å². The fraction of sp³-hybridized carbons (Fsp3) is 0.412. The Balaban J connectivity index is 1.64. The average molecular weight is 298 g/mol. The van der Waals surface area contributed by atoms with E-state index in [9.17, 15) is 4.79 Å². The first kappa shape index (κ1) is 14.6. The third-order valence-electron chi connectivity index (χ3n) is 4.19. The van der Waals surface area contributed by atoms with Crippen LogP contribution in [0.4, 0.5) is 5.69 Å². The smallest absolute Gasteiger partial charge is 0.274 e. The van der Waals surface area contributed by atoms with Crippen LogP contribution in [-0.2, 0) is 6.54 Å². The zero-order chi connectivity index (χ0) is 15.5. The van der Waals surface area contributed by atoms with E-state index in [-0.39, 0.29) is 5.91 Å². The van der Waals surface area contributed by atoms with Crippen LogP contribution in [0.25, 0.3) is 0 Å². The molecule has 0 aliphatic carbocycles. The number of rotatable bonds is 3. The van der Waals surface area contributed by atoms with Gasteiger partial charge in [-0.2, -0.15) is 5.10 Å². The number of piperazine rings is 1. The molecule has 1 aliphatic heterocycles. The first-order chi connectivity index (χ1) is 10.7. The minimum Gasteiger partial charge on any atom is -0.368 e. The second kappa shape index (κ2) is 6.22. The van der Waals surface area contributed by atoms with E-state index < -0.39 is 0 Å². The van der Waals surface area contributed by atoms with Crippen molar-refractivity contribution in [3.05, 3.63) is 47.8 Å². The average Bonchev–Trinajstić information content (AvgIpc) is 2.96. The molecule has 5 heteroatoms. The second-order valence-electron chi connectivity index (χ2n) is 5.60. The van der Waals surface area contributed by atoms with Gasteiger partial charge in [0.15, 0.2) is 5.69 Å². The Bertz CT molecular complexity index is 642. The molecular weight excluding hydrogens is 276 g/mol. The summed E-state index contributed by atoms with van der Waals surface area (Å²) in [5.41, 5.74) is 2.82. The predicted molar refractivity (Wildman–Crippen MR) is 87.2 cm³/mol. The monoisotopic (exact) mass is 298 g/mol. The van der Waals surface area contributed by atoms with E-state index >= 15 is 0 Å². The summed E-state index contributed by atoms with van der Waals surface area (Å²) in [5.74, 6) is 0.0445. The Morgan fingerprint density at radius 1 is 1.14 bits per heavy atom. The molecule has 0 N–H and O–H groups in total. The van der Waals surface area contributed by atoms with Gasteiger partial charge in [0.2, 0.25) is 0 Å². The molecule has 0 radical (unpaired) electrons. The molecule has 1 fully saturated rings. The third-order valence-corrected chi connectivity index (χ3v) is 4.19. The topological polar surface area (TPSA) is 41.4 Å². The molecule has 1 saturated heterocycles. The molecule has 1 amide bonds. The lowest BCUT2D eigenvalue weighted by molar-refractivity contribution is 0.0740. The van der Waals surface area contributed by atoms with Crippen LogP contribution in [0.1, 0.15) is 23.1 Å². The molecule has 0 saturated carbocycles. The number of amides is 1. The van der Waals surface area contributed by atoms with Gasteiger partial charge in [-0.05, 0) is 32.0 Å². The molecule has 2 heterocycles. The summed E-state index contributed by atoms with van der Waals surface area (Å²) >= 11 is 0. The number of nitrogens with zero attached hydrogens (tertiary/aromatic N) is 4. The Labute approximate surface area is 131 Å². The number of hydrogen-bond acceptors (Lipinski definition) is 3. The highest BCUT2D eigenvalue weighted by Crippen LogP contribution is 2.16. The standard InChI is InChI=1S/C17H22N4O/c1-3-21-14(2)13-16(18-21)17(22)20-11-9-19(10-12-20)15-7-5-4-6-8-15/h4-8,13H,3,9-12H2,1-2H3. The SMILES string of the molecule is CCn1nc(C(=O)N2CCN(c3ccccc3)CC2)cc1C. The van der Waals surface area contributed by atoms with Crippen molar-refractivity contribution < 1.29 is 4.79 Å². The van der Waals surface area contributed by atoms with Crippen LogP contribution in [0.2, 0.25) is 0 Å². The van der Waals surface area contributed by atoms with Gasteiger partial charge in [0.1, 0.15) is 0 Å². The molecule has 116 valence electrons. The lowest BCUT2D eigenvalue weighted by Gasteiger charge is -2.35. The van der Waals surface area contributed by atoms with Gasteiger partial charge in [0, 0.05) is 44.1 Å². The fourth-order valence-electron chi connectivity index (χ4n) is 2.90. The van der Waals surface area contributed by atoms with Crippen molar-refractivity contribution in [2.75, 3.05) is 31.1 Å². The van der Waals surface area contributed by atoms with E-state index in [0.717, 1.165) is 38.4 Å². The molecular formula is C17H22N4O. The Morgan fingerprint density at radius 3 is 2.41 bits per heavy atom. The molecule has 0 bridgehead atoms. The molecule has 5 nitrogen and oxygen atoms in total. The number of carbonyl (C=O) groups is 1. The van der Waals surface area contributed by atoms with E-state index in [1.54, 1.807) is 0 Å². The van der Waals surface area contributed by atoms with Crippen LogP contribution < -0.4 is 4.90 Å². The molecule has 1 aliphatic rings. The highest BCUT2D eigenvalue weighted by Gasteiger charge is 2.24. The van der Waals surface area contributed by atoms with Crippen LogP contribution in [0.5, 0.6) is 0 Å². The maximum Gasteiger partial charge on any atom is 0.274 e. The Hall–Kier alpha value is -2.30. The van der Waals surface area contributed by atoms with Crippen molar-refractivity contribution in [2.45, 2.75) is 20.4 Å². The van der Waals surface area contributed by atoms with E-state index in [4.69, 9.17) is 0 Å². The molecule has 1 aromatic carbocycles. The van der Waals surface area contributed by atoms with Gasteiger partial charge >= 0.3 is 0 Å². The maximum absolute atomic E-state index is 12.6. The van der Waals surface area contributed by atoms with E-state index in [1.807, 2.05) is 47.7 Å². The fourth-order valence-corrected chi connectivity index (χ4v) is 2.90. The van der Waals surface area contributed by atoms with Crippen molar-refractivity contribution >= 4 is 11.6 Å². The van der Waals surface area contributed by atoms with Crippen molar-refractivity contribution in [2.24, 2.45) is 0 Å². The molecule has 3 rings (SSSR count). The van der Waals surface area contributed by atoms with Crippen molar-refractivity contribution in [1.29, 1.82) is 0 Å². The highest BCUT2D eigenvalue weighted by molar-refractivity contribution is 5.92. The van der Waals surface area contributed by atoms with E-state index in [0.29, 0.717) is 5.69 Å². The number of aryl methyl sites for hydroxylation is 2. The zero-order valence-electron chi connectivity index (χ0n) is 13.2. The number of hydrogen-bond donors (Lipinski definition) is 0. The molecule has 0 atom stereocenters. The van der Waals surface area contributed by atoms with Gasteiger partial charge in [-0.3, -0.25) is 9.48 Å². The molecule has 0 spiro atoms. The largest absolute Gasteiger partial charge is 0.368 e. The lowest BCUT2D eigenvalue weighted by Crippen LogP contribution is -2.48. The number of para-hydroxylation sites is 1. The number of aromatic nitrogens is 2. The van der Waals surface area contributed by atoms with E-state index in [1.165, 1.54) is 5.69 Å². The van der Waals surface area contributed by atoms with Gasteiger partial charge in [-0.25, -0.2) is 0 Å². The lowest BCUT2D eigenvalue weighted by atomic mass is 10.2. The molecule has 1 aromatic heterocycles.